The second kappa shape index (κ2) is 5.84. The molecule has 0 aliphatic rings. The van der Waals surface area contributed by atoms with Crippen molar-refractivity contribution in [3.8, 4) is 0 Å². The normalized spacial score (nSPS) is 10.6. The minimum absolute atomic E-state index is 0.314. The first-order valence-electron chi connectivity index (χ1n) is 5.43. The first-order chi connectivity index (χ1) is 6.95. The van der Waals surface area contributed by atoms with Gasteiger partial charge in [0.25, 0.3) is 0 Å². The van der Waals surface area contributed by atoms with Crippen LogP contribution in [0.4, 0.5) is 8.78 Å². The summed E-state index contributed by atoms with van der Waals surface area (Å²) in [7, 11) is 0. The van der Waals surface area contributed by atoms with Gasteiger partial charge in [0.1, 0.15) is 11.5 Å². The molecule has 0 aliphatic heterocycles. The zero-order chi connectivity index (χ0) is 12.1. The number of alkyl halides is 1. The Hall–Kier alpha value is -0.920. The van der Waals surface area contributed by atoms with Crippen LogP contribution >= 0.6 is 0 Å². The van der Waals surface area contributed by atoms with Crippen LogP contribution in [-0.4, -0.2) is 0 Å². The van der Waals surface area contributed by atoms with Crippen LogP contribution < -0.4 is 0 Å². The smallest absolute Gasteiger partial charge is 0.130 e. The molecule has 0 N–H and O–H groups in total. The Labute approximate surface area is 91.3 Å². The number of rotatable bonds is 2. The predicted octanol–water partition coefficient (Wildman–Crippen LogP) is 4.62. The Morgan fingerprint density at radius 2 is 1.73 bits per heavy atom. The second-order valence-electron chi connectivity index (χ2n) is 3.63. The summed E-state index contributed by atoms with van der Waals surface area (Å²) in [6.07, 6.45) is 0.638. The van der Waals surface area contributed by atoms with Gasteiger partial charge in [-0.15, -0.1) is 0 Å². The van der Waals surface area contributed by atoms with Gasteiger partial charge in [0.15, 0.2) is 0 Å². The molecule has 0 heterocycles. The van der Waals surface area contributed by atoms with Crippen molar-refractivity contribution in [2.75, 3.05) is 0 Å². The monoisotopic (exact) mass is 214 g/mol. The molecule has 0 aromatic heterocycles. The fourth-order valence-electron chi connectivity index (χ4n) is 1.20. The van der Waals surface area contributed by atoms with Gasteiger partial charge in [-0.1, -0.05) is 32.9 Å². The third kappa shape index (κ3) is 3.98. The Kier molecular flexibility index (Phi) is 5.48. The summed E-state index contributed by atoms with van der Waals surface area (Å²) in [5.74, 6) is -0.314. The molecule has 0 unspecified atom stereocenters. The van der Waals surface area contributed by atoms with E-state index in [1.807, 2.05) is 20.8 Å². The lowest BCUT2D eigenvalue weighted by Crippen LogP contribution is -2.09. The first-order valence-corrected chi connectivity index (χ1v) is 5.43. The first kappa shape index (κ1) is 14.1. The molecule has 0 saturated carbocycles. The zero-order valence-corrected chi connectivity index (χ0v) is 10.2. The van der Waals surface area contributed by atoms with Gasteiger partial charge in [-0.05, 0) is 37.5 Å². The van der Waals surface area contributed by atoms with E-state index in [1.54, 1.807) is 12.1 Å². The van der Waals surface area contributed by atoms with E-state index in [0.29, 0.717) is 17.5 Å². The largest absolute Gasteiger partial charge is 0.239 e. The fourth-order valence-corrected chi connectivity index (χ4v) is 1.20. The molecule has 15 heavy (non-hydrogen) atoms. The van der Waals surface area contributed by atoms with E-state index in [1.165, 1.54) is 19.9 Å². The third-order valence-corrected chi connectivity index (χ3v) is 2.12. The van der Waals surface area contributed by atoms with Crippen molar-refractivity contribution in [1.82, 2.24) is 0 Å². The summed E-state index contributed by atoms with van der Waals surface area (Å²) in [6.45, 7) is 8.72. The van der Waals surface area contributed by atoms with Gasteiger partial charge < -0.3 is 0 Å². The van der Waals surface area contributed by atoms with Gasteiger partial charge in [0.2, 0.25) is 0 Å². The highest BCUT2D eigenvalue weighted by atomic mass is 19.1. The van der Waals surface area contributed by atoms with Crippen molar-refractivity contribution in [2.24, 2.45) is 0 Å². The summed E-state index contributed by atoms with van der Waals surface area (Å²) in [6, 6.07) is 4.56. The SMILES string of the molecule is CC.CCc1ccc(C(C)(C)F)cc1F. The molecule has 1 rings (SSSR count). The third-order valence-electron chi connectivity index (χ3n) is 2.12. The lowest BCUT2D eigenvalue weighted by molar-refractivity contribution is 0.220. The molecule has 0 saturated heterocycles. The highest BCUT2D eigenvalue weighted by Gasteiger charge is 2.19. The maximum absolute atomic E-state index is 13.4. The summed E-state index contributed by atoms with van der Waals surface area (Å²) in [5, 5.41) is 0. The molecule has 0 radical (unpaired) electrons. The number of benzene rings is 1. The average Bonchev–Trinajstić information content (AvgIpc) is 2.19. The molecule has 0 amide bonds. The fraction of sp³-hybridized carbons (Fsp3) is 0.538. The molecule has 0 fully saturated rings. The lowest BCUT2D eigenvalue weighted by atomic mass is 9.98. The molecule has 0 nitrogen and oxygen atoms in total. The summed E-state index contributed by atoms with van der Waals surface area (Å²) < 4.78 is 26.6. The molecular formula is C13H20F2. The Balaban J connectivity index is 0.000000921. The van der Waals surface area contributed by atoms with Gasteiger partial charge in [-0.3, -0.25) is 0 Å². The van der Waals surface area contributed by atoms with Crippen LogP contribution in [0, 0.1) is 5.82 Å². The maximum atomic E-state index is 13.4. The summed E-state index contributed by atoms with van der Waals surface area (Å²) in [4.78, 5) is 0. The minimum atomic E-state index is -1.47. The molecule has 0 aliphatic carbocycles. The van der Waals surface area contributed by atoms with Crippen molar-refractivity contribution in [2.45, 2.75) is 46.7 Å². The van der Waals surface area contributed by atoms with Crippen LogP contribution in [0.15, 0.2) is 18.2 Å². The number of halogens is 2. The maximum Gasteiger partial charge on any atom is 0.130 e. The van der Waals surface area contributed by atoms with Gasteiger partial charge in [-0.2, -0.15) is 0 Å². The van der Waals surface area contributed by atoms with E-state index in [-0.39, 0.29) is 5.82 Å². The van der Waals surface area contributed by atoms with Crippen LogP contribution in [-0.2, 0) is 12.1 Å². The predicted molar refractivity (Wildman–Crippen MR) is 61.3 cm³/mol. The molecule has 0 atom stereocenters. The highest BCUT2D eigenvalue weighted by molar-refractivity contribution is 5.27. The molecule has 1 aromatic rings. The van der Waals surface area contributed by atoms with Crippen molar-refractivity contribution in [3.05, 3.63) is 35.1 Å². The molecular weight excluding hydrogens is 194 g/mol. The quantitative estimate of drug-likeness (QED) is 0.674. The van der Waals surface area contributed by atoms with E-state index in [9.17, 15) is 8.78 Å². The van der Waals surface area contributed by atoms with Gasteiger partial charge in [0.05, 0.1) is 0 Å². The van der Waals surface area contributed by atoms with E-state index >= 15 is 0 Å². The van der Waals surface area contributed by atoms with E-state index in [4.69, 9.17) is 0 Å². The summed E-state index contributed by atoms with van der Waals surface area (Å²) >= 11 is 0. The van der Waals surface area contributed by atoms with E-state index in [2.05, 4.69) is 0 Å². The molecule has 86 valence electrons. The molecule has 2 heteroatoms. The van der Waals surface area contributed by atoms with Crippen molar-refractivity contribution in [1.29, 1.82) is 0 Å². The highest BCUT2D eigenvalue weighted by Crippen LogP contribution is 2.25. The van der Waals surface area contributed by atoms with Crippen molar-refractivity contribution < 1.29 is 8.78 Å². The zero-order valence-electron chi connectivity index (χ0n) is 10.2. The Morgan fingerprint density at radius 1 is 1.20 bits per heavy atom. The molecule has 0 bridgehead atoms. The van der Waals surface area contributed by atoms with Crippen molar-refractivity contribution in [3.63, 3.8) is 0 Å². The topological polar surface area (TPSA) is 0 Å². The Bertz CT molecular complexity index is 298. The van der Waals surface area contributed by atoms with E-state index in [0.717, 1.165) is 0 Å². The second-order valence-corrected chi connectivity index (χ2v) is 3.63. The van der Waals surface area contributed by atoms with Crippen LogP contribution in [0.1, 0.15) is 45.7 Å². The van der Waals surface area contributed by atoms with Crippen LogP contribution in [0.2, 0.25) is 0 Å². The standard InChI is InChI=1S/C11H14F2.C2H6/c1-4-8-5-6-9(7-10(8)12)11(2,3)13;1-2/h5-7H,4H2,1-3H3;1-2H3. The molecule has 1 aromatic carbocycles. The van der Waals surface area contributed by atoms with Gasteiger partial charge in [-0.25, -0.2) is 8.78 Å². The van der Waals surface area contributed by atoms with Crippen molar-refractivity contribution >= 4 is 0 Å². The molecule has 0 spiro atoms. The summed E-state index contributed by atoms with van der Waals surface area (Å²) in [5.41, 5.74) is -0.442. The van der Waals surface area contributed by atoms with Crippen LogP contribution in [0.25, 0.3) is 0 Å². The van der Waals surface area contributed by atoms with E-state index < -0.39 is 5.67 Å². The number of hydrogen-bond donors (Lipinski definition) is 0. The number of hydrogen-bond acceptors (Lipinski definition) is 0. The Morgan fingerprint density at radius 3 is 2.07 bits per heavy atom. The lowest BCUT2D eigenvalue weighted by Gasteiger charge is -2.15. The van der Waals surface area contributed by atoms with Crippen LogP contribution in [0.5, 0.6) is 0 Å². The van der Waals surface area contributed by atoms with Gasteiger partial charge >= 0.3 is 0 Å². The minimum Gasteiger partial charge on any atom is -0.239 e. The number of aryl methyl sites for hydroxylation is 1. The van der Waals surface area contributed by atoms with Crippen LogP contribution in [0.3, 0.4) is 0 Å². The van der Waals surface area contributed by atoms with Gasteiger partial charge in [0, 0.05) is 0 Å². The average molecular weight is 214 g/mol.